The van der Waals surface area contributed by atoms with Crippen molar-refractivity contribution < 1.29 is 23.4 Å². The fraction of sp³-hybridized carbons (Fsp3) is 0.381. The second-order valence-electron chi connectivity index (χ2n) is 6.55. The number of benzene rings is 2. The summed E-state index contributed by atoms with van der Waals surface area (Å²) in [5.41, 5.74) is 0.807. The number of hydrogen-bond acceptors (Lipinski definition) is 5. The Bertz CT molecular complexity index is 807. The van der Waals surface area contributed by atoms with Crippen LogP contribution in [-0.2, 0) is 11.3 Å². The molecular formula is C21H25FN2O4. The quantitative estimate of drug-likeness (QED) is 0.730. The smallest absolute Gasteiger partial charge is 0.260 e. The number of amides is 1. The topological polar surface area (TPSA) is 51.2 Å². The number of methoxy groups -OCH3 is 2. The highest BCUT2D eigenvalue weighted by Crippen LogP contribution is 2.26. The van der Waals surface area contributed by atoms with Crippen LogP contribution in [0.3, 0.4) is 0 Å². The zero-order chi connectivity index (χ0) is 19.9. The maximum Gasteiger partial charge on any atom is 0.260 e. The van der Waals surface area contributed by atoms with Gasteiger partial charge in [0.1, 0.15) is 11.6 Å². The third-order valence-corrected chi connectivity index (χ3v) is 4.78. The lowest BCUT2D eigenvalue weighted by Gasteiger charge is -2.34. The molecule has 0 spiro atoms. The zero-order valence-corrected chi connectivity index (χ0v) is 16.2. The molecule has 0 N–H and O–H groups in total. The van der Waals surface area contributed by atoms with Gasteiger partial charge in [-0.05, 0) is 30.3 Å². The molecule has 0 unspecified atom stereocenters. The van der Waals surface area contributed by atoms with Crippen LogP contribution >= 0.6 is 0 Å². The lowest BCUT2D eigenvalue weighted by molar-refractivity contribution is -0.135. The van der Waals surface area contributed by atoms with Gasteiger partial charge in [0.05, 0.1) is 14.2 Å². The summed E-state index contributed by atoms with van der Waals surface area (Å²) in [5.74, 6) is 1.48. The number of halogens is 1. The van der Waals surface area contributed by atoms with E-state index in [1.54, 1.807) is 37.3 Å². The normalized spacial score (nSPS) is 14.6. The Morgan fingerprint density at radius 1 is 0.964 bits per heavy atom. The first-order valence-electron chi connectivity index (χ1n) is 9.19. The zero-order valence-electron chi connectivity index (χ0n) is 16.2. The minimum Gasteiger partial charge on any atom is -0.496 e. The SMILES string of the molecule is COc1ccc(F)cc1CN1CCN(C(=O)COc2ccccc2OC)CC1. The van der Waals surface area contributed by atoms with Gasteiger partial charge in [0.15, 0.2) is 18.1 Å². The van der Waals surface area contributed by atoms with Crippen molar-refractivity contribution in [1.82, 2.24) is 9.80 Å². The van der Waals surface area contributed by atoms with Gasteiger partial charge in [-0.15, -0.1) is 0 Å². The first-order valence-corrected chi connectivity index (χ1v) is 9.19. The van der Waals surface area contributed by atoms with Crippen LogP contribution in [0, 0.1) is 5.82 Å². The van der Waals surface area contributed by atoms with Crippen LogP contribution in [0.2, 0.25) is 0 Å². The fourth-order valence-corrected chi connectivity index (χ4v) is 3.24. The summed E-state index contributed by atoms with van der Waals surface area (Å²) in [6.45, 7) is 3.18. The number of piperazine rings is 1. The molecule has 0 atom stereocenters. The van der Waals surface area contributed by atoms with Gasteiger partial charge in [0.25, 0.3) is 5.91 Å². The van der Waals surface area contributed by atoms with Crippen LogP contribution in [0.4, 0.5) is 4.39 Å². The van der Waals surface area contributed by atoms with E-state index in [1.165, 1.54) is 12.1 Å². The summed E-state index contributed by atoms with van der Waals surface area (Å²) in [4.78, 5) is 16.4. The van der Waals surface area contributed by atoms with Gasteiger partial charge in [-0.25, -0.2) is 4.39 Å². The summed E-state index contributed by atoms with van der Waals surface area (Å²) in [6.07, 6.45) is 0. The maximum absolute atomic E-state index is 13.5. The van der Waals surface area contributed by atoms with Crippen molar-refractivity contribution in [2.75, 3.05) is 47.0 Å². The van der Waals surface area contributed by atoms with Crippen molar-refractivity contribution in [3.8, 4) is 17.2 Å². The summed E-state index contributed by atoms with van der Waals surface area (Å²) in [5, 5.41) is 0. The molecule has 2 aromatic rings. The molecule has 1 saturated heterocycles. The third-order valence-electron chi connectivity index (χ3n) is 4.78. The molecular weight excluding hydrogens is 363 g/mol. The standard InChI is InChI=1S/C21H25FN2O4/c1-26-18-8-7-17(22)13-16(18)14-23-9-11-24(12-10-23)21(25)15-28-20-6-4-3-5-19(20)27-2/h3-8,13H,9-12,14-15H2,1-2H3. The van der Waals surface area contributed by atoms with E-state index in [0.717, 1.165) is 5.56 Å². The van der Waals surface area contributed by atoms with Crippen LogP contribution < -0.4 is 14.2 Å². The van der Waals surface area contributed by atoms with Gasteiger partial charge in [-0.3, -0.25) is 9.69 Å². The summed E-state index contributed by atoms with van der Waals surface area (Å²) >= 11 is 0. The number of hydrogen-bond donors (Lipinski definition) is 0. The van der Waals surface area contributed by atoms with Crippen molar-refractivity contribution in [3.63, 3.8) is 0 Å². The van der Waals surface area contributed by atoms with Gasteiger partial charge < -0.3 is 19.1 Å². The second kappa shape index (κ2) is 9.41. The Morgan fingerprint density at radius 2 is 1.64 bits per heavy atom. The Kier molecular flexibility index (Phi) is 6.71. The van der Waals surface area contributed by atoms with Crippen molar-refractivity contribution in [3.05, 3.63) is 53.8 Å². The average molecular weight is 388 g/mol. The molecule has 1 aliphatic heterocycles. The first kappa shape index (κ1) is 19.9. The molecule has 3 rings (SSSR count). The molecule has 7 heteroatoms. The molecule has 1 heterocycles. The van der Waals surface area contributed by atoms with Crippen LogP contribution in [0.15, 0.2) is 42.5 Å². The monoisotopic (exact) mass is 388 g/mol. The van der Waals surface area contributed by atoms with Gasteiger partial charge in [-0.1, -0.05) is 12.1 Å². The van der Waals surface area contributed by atoms with Crippen molar-refractivity contribution in [2.45, 2.75) is 6.54 Å². The molecule has 28 heavy (non-hydrogen) atoms. The minimum atomic E-state index is -0.280. The number of carbonyl (C=O) groups excluding carboxylic acids is 1. The predicted octanol–water partition coefficient (Wildman–Crippen LogP) is 2.57. The van der Waals surface area contributed by atoms with E-state index in [4.69, 9.17) is 14.2 Å². The number of ether oxygens (including phenoxy) is 3. The summed E-state index contributed by atoms with van der Waals surface area (Å²) < 4.78 is 29.7. The minimum absolute atomic E-state index is 0.0297. The molecule has 0 aromatic heterocycles. The Labute approximate surface area is 164 Å². The maximum atomic E-state index is 13.5. The molecule has 2 aromatic carbocycles. The van der Waals surface area contributed by atoms with Gasteiger partial charge >= 0.3 is 0 Å². The van der Waals surface area contributed by atoms with E-state index < -0.39 is 0 Å². The van der Waals surface area contributed by atoms with Crippen molar-refractivity contribution >= 4 is 5.91 Å². The molecule has 0 bridgehead atoms. The van der Waals surface area contributed by atoms with Crippen LogP contribution in [-0.4, -0.2) is 62.7 Å². The lowest BCUT2D eigenvalue weighted by Crippen LogP contribution is -2.49. The van der Waals surface area contributed by atoms with E-state index in [9.17, 15) is 9.18 Å². The van der Waals surface area contributed by atoms with Crippen molar-refractivity contribution in [1.29, 1.82) is 0 Å². The molecule has 150 valence electrons. The van der Waals surface area contributed by atoms with Crippen LogP contribution in [0.5, 0.6) is 17.2 Å². The third kappa shape index (κ3) is 4.92. The number of carbonyl (C=O) groups is 1. The molecule has 0 aliphatic carbocycles. The predicted molar refractivity (Wildman–Crippen MR) is 103 cm³/mol. The van der Waals surface area contributed by atoms with E-state index in [2.05, 4.69) is 4.90 Å². The van der Waals surface area contributed by atoms with Gasteiger partial charge in [-0.2, -0.15) is 0 Å². The summed E-state index contributed by atoms with van der Waals surface area (Å²) in [7, 11) is 3.14. The first-order chi connectivity index (χ1) is 13.6. The molecule has 0 radical (unpaired) electrons. The molecule has 0 saturated carbocycles. The fourth-order valence-electron chi connectivity index (χ4n) is 3.24. The highest BCUT2D eigenvalue weighted by atomic mass is 19.1. The summed E-state index contributed by atoms with van der Waals surface area (Å²) in [6, 6.07) is 11.8. The largest absolute Gasteiger partial charge is 0.496 e. The van der Waals surface area contributed by atoms with E-state index in [1.807, 2.05) is 12.1 Å². The van der Waals surface area contributed by atoms with Crippen molar-refractivity contribution in [2.24, 2.45) is 0 Å². The lowest BCUT2D eigenvalue weighted by atomic mass is 10.1. The molecule has 6 nitrogen and oxygen atoms in total. The average Bonchev–Trinajstić information content (AvgIpc) is 2.73. The Hall–Kier alpha value is -2.80. The molecule has 1 amide bonds. The Balaban J connectivity index is 1.50. The Morgan fingerprint density at radius 3 is 2.32 bits per heavy atom. The second-order valence-corrected chi connectivity index (χ2v) is 6.55. The van der Waals surface area contributed by atoms with Gasteiger partial charge in [0, 0.05) is 38.3 Å². The van der Waals surface area contributed by atoms with Gasteiger partial charge in [0.2, 0.25) is 0 Å². The van der Waals surface area contributed by atoms with E-state index in [-0.39, 0.29) is 18.3 Å². The highest BCUT2D eigenvalue weighted by molar-refractivity contribution is 5.78. The van der Waals surface area contributed by atoms with Crippen LogP contribution in [0.1, 0.15) is 5.56 Å². The van der Waals surface area contributed by atoms with E-state index in [0.29, 0.717) is 50.0 Å². The number of para-hydroxylation sites is 2. The number of rotatable bonds is 7. The van der Waals surface area contributed by atoms with E-state index >= 15 is 0 Å². The van der Waals surface area contributed by atoms with Crippen LogP contribution in [0.25, 0.3) is 0 Å². The molecule has 1 fully saturated rings. The highest BCUT2D eigenvalue weighted by Gasteiger charge is 2.22. The molecule has 1 aliphatic rings. The number of nitrogens with zero attached hydrogens (tertiary/aromatic N) is 2.